The van der Waals surface area contributed by atoms with E-state index in [1.807, 2.05) is 30.3 Å². The fraction of sp³-hybridized carbons (Fsp3) is 0.500. The number of nitrogens with zero attached hydrogens (tertiary/aromatic N) is 1. The second-order valence-electron chi connectivity index (χ2n) is 6.80. The highest BCUT2D eigenvalue weighted by Gasteiger charge is 2.37. The number of likely N-dealkylation sites (tertiary alicyclic amines) is 1. The van der Waals surface area contributed by atoms with Gasteiger partial charge in [0.05, 0.1) is 6.54 Å². The fourth-order valence-electron chi connectivity index (χ4n) is 2.41. The van der Waals surface area contributed by atoms with E-state index in [4.69, 9.17) is 9.47 Å². The second-order valence-corrected chi connectivity index (χ2v) is 6.80. The Bertz CT molecular complexity index is 606. The lowest BCUT2D eigenvalue weighted by Gasteiger charge is -2.30. The van der Waals surface area contributed by atoms with Crippen LogP contribution in [0.15, 0.2) is 30.3 Å². The molecular formula is C18H23NO5. The number of esters is 1. The molecule has 1 saturated heterocycles. The van der Waals surface area contributed by atoms with E-state index in [9.17, 15) is 14.4 Å². The number of ether oxygens (including phenoxy) is 2. The van der Waals surface area contributed by atoms with Crippen molar-refractivity contribution in [2.75, 3.05) is 13.1 Å². The van der Waals surface area contributed by atoms with Gasteiger partial charge in [0.15, 0.2) is 5.78 Å². The zero-order valence-electron chi connectivity index (χ0n) is 14.3. The number of rotatable bonds is 3. The number of ketones is 1. The molecule has 0 aliphatic carbocycles. The van der Waals surface area contributed by atoms with Gasteiger partial charge in [-0.25, -0.2) is 4.79 Å². The normalized spacial score (nSPS) is 18.2. The Labute approximate surface area is 141 Å². The highest BCUT2D eigenvalue weighted by atomic mass is 16.6. The van der Waals surface area contributed by atoms with Gasteiger partial charge >= 0.3 is 12.1 Å². The van der Waals surface area contributed by atoms with Gasteiger partial charge in [0, 0.05) is 6.54 Å². The molecule has 0 saturated carbocycles. The number of benzene rings is 1. The molecule has 1 amide bonds. The topological polar surface area (TPSA) is 72.9 Å². The van der Waals surface area contributed by atoms with Crippen LogP contribution < -0.4 is 0 Å². The molecular weight excluding hydrogens is 310 g/mol. The lowest BCUT2D eigenvalue weighted by molar-refractivity contribution is -0.163. The summed E-state index contributed by atoms with van der Waals surface area (Å²) in [6.45, 7) is 5.59. The molecule has 130 valence electrons. The minimum Gasteiger partial charge on any atom is -0.459 e. The Balaban J connectivity index is 1.85. The van der Waals surface area contributed by atoms with E-state index in [-0.39, 0.29) is 25.4 Å². The minimum absolute atomic E-state index is 0.127. The van der Waals surface area contributed by atoms with E-state index in [0.717, 1.165) is 5.56 Å². The molecule has 24 heavy (non-hydrogen) atoms. The van der Waals surface area contributed by atoms with E-state index in [1.54, 1.807) is 20.8 Å². The summed E-state index contributed by atoms with van der Waals surface area (Å²) in [7, 11) is 0. The van der Waals surface area contributed by atoms with E-state index < -0.39 is 23.6 Å². The van der Waals surface area contributed by atoms with Crippen molar-refractivity contribution in [3.05, 3.63) is 35.9 Å². The van der Waals surface area contributed by atoms with Crippen LogP contribution in [0.25, 0.3) is 0 Å². The summed E-state index contributed by atoms with van der Waals surface area (Å²) in [6.07, 6.45) is -0.288. The van der Waals surface area contributed by atoms with Gasteiger partial charge in [0.25, 0.3) is 0 Å². The summed E-state index contributed by atoms with van der Waals surface area (Å²) in [6, 6.07) is 9.31. The zero-order valence-corrected chi connectivity index (χ0v) is 14.3. The van der Waals surface area contributed by atoms with Gasteiger partial charge in [-0.2, -0.15) is 0 Å². The van der Waals surface area contributed by atoms with Gasteiger partial charge in [-0.1, -0.05) is 30.3 Å². The van der Waals surface area contributed by atoms with E-state index in [2.05, 4.69) is 0 Å². The molecule has 2 rings (SSSR count). The molecule has 6 heteroatoms. The number of Topliss-reactive ketones (excluding diaryl/α,β-unsaturated/α-hetero) is 1. The average Bonchev–Trinajstić information content (AvgIpc) is 2.51. The van der Waals surface area contributed by atoms with Crippen molar-refractivity contribution in [2.24, 2.45) is 5.92 Å². The molecule has 0 N–H and O–H groups in total. The standard InChI is InChI=1S/C18H23NO5/c1-18(2,3)24-16(21)14-9-10-19(11-15(14)20)17(22)23-12-13-7-5-4-6-8-13/h4-8,14H,9-12H2,1-3H3. The van der Waals surface area contributed by atoms with Crippen LogP contribution >= 0.6 is 0 Å². The number of hydrogen-bond donors (Lipinski definition) is 0. The minimum atomic E-state index is -0.803. The van der Waals surface area contributed by atoms with Crippen molar-refractivity contribution in [3.63, 3.8) is 0 Å². The van der Waals surface area contributed by atoms with E-state index in [1.165, 1.54) is 4.90 Å². The van der Waals surface area contributed by atoms with Crippen LogP contribution in [0.1, 0.15) is 32.8 Å². The van der Waals surface area contributed by atoms with Crippen molar-refractivity contribution in [1.29, 1.82) is 0 Å². The Morgan fingerprint density at radius 3 is 2.46 bits per heavy atom. The third-order valence-electron chi connectivity index (χ3n) is 3.58. The van der Waals surface area contributed by atoms with Crippen molar-refractivity contribution in [2.45, 2.75) is 39.4 Å². The Morgan fingerprint density at radius 1 is 1.21 bits per heavy atom. The first-order valence-electron chi connectivity index (χ1n) is 7.97. The molecule has 1 heterocycles. The summed E-state index contributed by atoms with van der Waals surface area (Å²) in [5.41, 5.74) is 0.240. The van der Waals surface area contributed by atoms with Crippen LogP contribution in [0.4, 0.5) is 4.79 Å². The van der Waals surface area contributed by atoms with Gasteiger partial charge in [-0.15, -0.1) is 0 Å². The predicted octanol–water partition coefficient (Wildman–Crippen LogP) is 2.56. The van der Waals surface area contributed by atoms with Gasteiger partial charge in [0.1, 0.15) is 18.1 Å². The zero-order chi connectivity index (χ0) is 17.7. The lowest BCUT2D eigenvalue weighted by Crippen LogP contribution is -2.47. The van der Waals surface area contributed by atoms with E-state index >= 15 is 0 Å². The summed E-state index contributed by atoms with van der Waals surface area (Å²) in [4.78, 5) is 37.6. The van der Waals surface area contributed by atoms with Crippen LogP contribution in [0.5, 0.6) is 0 Å². The third-order valence-corrected chi connectivity index (χ3v) is 3.58. The maximum atomic E-state index is 12.2. The first-order chi connectivity index (χ1) is 11.3. The molecule has 1 fully saturated rings. The monoisotopic (exact) mass is 333 g/mol. The van der Waals surface area contributed by atoms with Crippen molar-refractivity contribution < 1.29 is 23.9 Å². The maximum absolute atomic E-state index is 12.2. The van der Waals surface area contributed by atoms with Gasteiger partial charge < -0.3 is 14.4 Å². The molecule has 1 aromatic carbocycles. The predicted molar refractivity (Wildman–Crippen MR) is 87.2 cm³/mol. The summed E-state index contributed by atoms with van der Waals surface area (Å²) in [5, 5.41) is 0. The maximum Gasteiger partial charge on any atom is 0.410 e. The van der Waals surface area contributed by atoms with Gasteiger partial charge in [-0.05, 0) is 32.8 Å². The quantitative estimate of drug-likeness (QED) is 0.628. The van der Waals surface area contributed by atoms with Crippen molar-refractivity contribution in [1.82, 2.24) is 4.90 Å². The highest BCUT2D eigenvalue weighted by Crippen LogP contribution is 2.20. The molecule has 1 aliphatic heterocycles. The number of piperidine rings is 1. The SMILES string of the molecule is CC(C)(C)OC(=O)C1CCN(C(=O)OCc2ccccc2)CC1=O. The number of amides is 1. The third kappa shape index (κ3) is 5.08. The number of carbonyl (C=O) groups is 3. The molecule has 1 atom stereocenters. The molecule has 0 radical (unpaired) electrons. The average molecular weight is 333 g/mol. The molecule has 1 aliphatic rings. The fourth-order valence-corrected chi connectivity index (χ4v) is 2.41. The van der Waals surface area contributed by atoms with Crippen LogP contribution in [-0.4, -0.2) is 41.4 Å². The molecule has 0 aromatic heterocycles. The van der Waals surface area contributed by atoms with Crippen LogP contribution in [0, 0.1) is 5.92 Å². The molecule has 6 nitrogen and oxygen atoms in total. The smallest absolute Gasteiger partial charge is 0.410 e. The number of carbonyl (C=O) groups excluding carboxylic acids is 3. The molecule has 0 bridgehead atoms. The van der Waals surface area contributed by atoms with Crippen LogP contribution in [0.3, 0.4) is 0 Å². The van der Waals surface area contributed by atoms with Crippen LogP contribution in [0.2, 0.25) is 0 Å². The van der Waals surface area contributed by atoms with Gasteiger partial charge in [-0.3, -0.25) is 9.59 Å². The Kier molecular flexibility index (Phi) is 5.59. The van der Waals surface area contributed by atoms with Crippen LogP contribution in [-0.2, 0) is 25.7 Å². The summed E-state index contributed by atoms with van der Waals surface area (Å²) in [5.74, 6) is -1.64. The van der Waals surface area contributed by atoms with Crippen molar-refractivity contribution in [3.8, 4) is 0 Å². The van der Waals surface area contributed by atoms with Gasteiger partial charge in [0.2, 0.25) is 0 Å². The second kappa shape index (κ2) is 7.47. The Morgan fingerprint density at radius 2 is 1.88 bits per heavy atom. The number of hydrogen-bond acceptors (Lipinski definition) is 5. The highest BCUT2D eigenvalue weighted by molar-refractivity contribution is 6.01. The molecule has 0 spiro atoms. The van der Waals surface area contributed by atoms with E-state index in [0.29, 0.717) is 6.54 Å². The summed E-state index contributed by atoms with van der Waals surface area (Å²) >= 11 is 0. The first kappa shape index (κ1) is 18.0. The van der Waals surface area contributed by atoms with Crippen molar-refractivity contribution >= 4 is 17.8 Å². The first-order valence-corrected chi connectivity index (χ1v) is 7.97. The largest absolute Gasteiger partial charge is 0.459 e. The molecule has 1 aromatic rings. The molecule has 1 unspecified atom stereocenters. The summed E-state index contributed by atoms with van der Waals surface area (Å²) < 4.78 is 10.5. The Hall–Kier alpha value is -2.37. The lowest BCUT2D eigenvalue weighted by atomic mass is 9.95.